The van der Waals surface area contributed by atoms with Crippen LogP contribution in [-0.2, 0) is 19.7 Å². The zero-order valence-electron chi connectivity index (χ0n) is 14.1. The van der Waals surface area contributed by atoms with Crippen molar-refractivity contribution >= 4 is 35.6 Å². The molecule has 0 unspecified atom stereocenters. The van der Waals surface area contributed by atoms with Crippen LogP contribution < -0.4 is 10.1 Å². The first kappa shape index (κ1) is 20.6. The molecule has 0 bridgehead atoms. The van der Waals surface area contributed by atoms with Gasteiger partial charge in [0.2, 0.25) is 0 Å². The van der Waals surface area contributed by atoms with E-state index in [4.69, 9.17) is 27.9 Å². The molecule has 0 fully saturated rings. The van der Waals surface area contributed by atoms with Gasteiger partial charge in [-0.2, -0.15) is 0 Å². The molecule has 0 heterocycles. The highest BCUT2D eigenvalue weighted by Gasteiger charge is 2.03. The average molecular weight is 409 g/mol. The first-order chi connectivity index (χ1) is 12.2. The number of rotatable bonds is 7. The molecule has 0 saturated heterocycles. The molecule has 0 amide bonds. The fourth-order valence-corrected chi connectivity index (χ4v) is 2.91. The molecule has 0 aliphatic rings. The quantitative estimate of drug-likeness (QED) is 0.496. The zero-order valence-corrected chi connectivity index (χ0v) is 16.5. The standard InChI is InChI=1S/C21H19Cl2NO.ClH/c22-19-9-8-18(21(23)12-19)15-25-20-10-6-17(7-11-20)14-24-13-16-4-2-1-3-5-16;/h1-12,24H,13-15H2;1H. The molecule has 26 heavy (non-hydrogen) atoms. The highest BCUT2D eigenvalue weighted by Crippen LogP contribution is 2.22. The van der Waals surface area contributed by atoms with E-state index in [1.807, 2.05) is 30.3 Å². The van der Waals surface area contributed by atoms with E-state index in [0.717, 1.165) is 24.4 Å². The first-order valence-electron chi connectivity index (χ1n) is 8.11. The summed E-state index contributed by atoms with van der Waals surface area (Å²) >= 11 is 12.1. The van der Waals surface area contributed by atoms with Crippen LogP contribution in [0.4, 0.5) is 0 Å². The van der Waals surface area contributed by atoms with Crippen molar-refractivity contribution in [2.45, 2.75) is 19.7 Å². The molecule has 5 heteroatoms. The molecule has 1 N–H and O–H groups in total. The lowest BCUT2D eigenvalue weighted by Crippen LogP contribution is -2.12. The minimum absolute atomic E-state index is 0. The van der Waals surface area contributed by atoms with E-state index < -0.39 is 0 Å². The molecule has 0 aliphatic carbocycles. The largest absolute Gasteiger partial charge is 0.489 e. The number of hydrogen-bond donors (Lipinski definition) is 1. The summed E-state index contributed by atoms with van der Waals surface area (Å²) in [5.41, 5.74) is 3.41. The van der Waals surface area contributed by atoms with E-state index in [1.54, 1.807) is 6.07 Å². The number of ether oxygens (including phenoxy) is 1. The van der Waals surface area contributed by atoms with Crippen molar-refractivity contribution in [2.75, 3.05) is 0 Å². The summed E-state index contributed by atoms with van der Waals surface area (Å²) in [4.78, 5) is 0. The van der Waals surface area contributed by atoms with Gasteiger partial charge in [0.25, 0.3) is 0 Å². The first-order valence-corrected chi connectivity index (χ1v) is 8.86. The Kier molecular flexibility index (Phi) is 8.27. The number of hydrogen-bond acceptors (Lipinski definition) is 2. The molecule has 3 aromatic rings. The normalized spacial score (nSPS) is 10.2. The van der Waals surface area contributed by atoms with Crippen molar-refractivity contribution < 1.29 is 4.74 Å². The second-order valence-corrected chi connectivity index (χ2v) is 6.60. The summed E-state index contributed by atoms with van der Waals surface area (Å²) in [6, 6.07) is 23.9. The molecular formula is C21H20Cl3NO. The minimum Gasteiger partial charge on any atom is -0.489 e. The van der Waals surface area contributed by atoms with Gasteiger partial charge in [0, 0.05) is 28.7 Å². The van der Waals surface area contributed by atoms with Crippen molar-refractivity contribution in [1.29, 1.82) is 0 Å². The van der Waals surface area contributed by atoms with E-state index >= 15 is 0 Å². The predicted molar refractivity (Wildman–Crippen MR) is 111 cm³/mol. The van der Waals surface area contributed by atoms with Crippen molar-refractivity contribution in [3.63, 3.8) is 0 Å². The van der Waals surface area contributed by atoms with E-state index in [9.17, 15) is 0 Å². The van der Waals surface area contributed by atoms with Crippen LogP contribution in [0, 0.1) is 0 Å². The van der Waals surface area contributed by atoms with Crippen LogP contribution >= 0.6 is 35.6 Å². The van der Waals surface area contributed by atoms with Crippen LogP contribution in [0.3, 0.4) is 0 Å². The Labute approximate surface area is 170 Å². The van der Waals surface area contributed by atoms with Crippen LogP contribution in [0.2, 0.25) is 10.0 Å². The van der Waals surface area contributed by atoms with Crippen molar-refractivity contribution in [3.8, 4) is 5.75 Å². The lowest BCUT2D eigenvalue weighted by Gasteiger charge is -2.09. The van der Waals surface area contributed by atoms with Gasteiger partial charge in [-0.1, -0.05) is 71.7 Å². The van der Waals surface area contributed by atoms with E-state index in [2.05, 4.69) is 41.7 Å². The molecule has 0 aliphatic heterocycles. The molecule has 136 valence electrons. The summed E-state index contributed by atoms with van der Waals surface area (Å²) in [5, 5.41) is 4.68. The Morgan fingerprint density at radius 2 is 1.42 bits per heavy atom. The molecule has 0 radical (unpaired) electrons. The van der Waals surface area contributed by atoms with Crippen molar-refractivity contribution in [2.24, 2.45) is 0 Å². The molecule has 0 aromatic heterocycles. The Hall–Kier alpha value is -1.71. The molecular weight excluding hydrogens is 389 g/mol. The maximum atomic E-state index is 6.16. The monoisotopic (exact) mass is 407 g/mol. The maximum Gasteiger partial charge on any atom is 0.119 e. The fraction of sp³-hybridized carbons (Fsp3) is 0.143. The van der Waals surface area contributed by atoms with Crippen LogP contribution in [0.5, 0.6) is 5.75 Å². The summed E-state index contributed by atoms with van der Waals surface area (Å²) < 4.78 is 5.79. The van der Waals surface area contributed by atoms with E-state index in [-0.39, 0.29) is 12.4 Å². The third-order valence-electron chi connectivity index (χ3n) is 3.83. The summed E-state index contributed by atoms with van der Waals surface area (Å²) in [6.45, 7) is 2.09. The molecule has 0 spiro atoms. The van der Waals surface area contributed by atoms with Gasteiger partial charge >= 0.3 is 0 Å². The van der Waals surface area contributed by atoms with Gasteiger partial charge in [-0.15, -0.1) is 12.4 Å². The number of nitrogens with one attached hydrogen (secondary N) is 1. The average Bonchev–Trinajstić information content (AvgIpc) is 2.63. The van der Waals surface area contributed by atoms with Gasteiger partial charge in [0.1, 0.15) is 12.4 Å². The molecule has 0 atom stereocenters. The summed E-state index contributed by atoms with van der Waals surface area (Å²) in [7, 11) is 0. The highest BCUT2D eigenvalue weighted by atomic mass is 35.5. The Morgan fingerprint density at radius 3 is 2.08 bits per heavy atom. The smallest absolute Gasteiger partial charge is 0.119 e. The highest BCUT2D eigenvalue weighted by molar-refractivity contribution is 6.35. The number of halogens is 3. The molecule has 0 saturated carbocycles. The van der Waals surface area contributed by atoms with Gasteiger partial charge in [-0.05, 0) is 35.4 Å². The Bertz CT molecular complexity index is 807. The van der Waals surface area contributed by atoms with E-state index in [0.29, 0.717) is 16.7 Å². The summed E-state index contributed by atoms with van der Waals surface area (Å²) in [6.07, 6.45) is 0. The second kappa shape index (κ2) is 10.4. The second-order valence-electron chi connectivity index (χ2n) is 5.76. The van der Waals surface area contributed by atoms with Gasteiger partial charge in [0.15, 0.2) is 0 Å². The lowest BCUT2D eigenvalue weighted by atomic mass is 10.2. The zero-order chi connectivity index (χ0) is 17.5. The lowest BCUT2D eigenvalue weighted by molar-refractivity contribution is 0.306. The molecule has 3 aromatic carbocycles. The predicted octanol–water partition coefficient (Wildman–Crippen LogP) is 6.28. The van der Waals surface area contributed by atoms with Crippen LogP contribution in [-0.4, -0.2) is 0 Å². The van der Waals surface area contributed by atoms with Crippen molar-refractivity contribution in [1.82, 2.24) is 5.32 Å². The fourth-order valence-electron chi connectivity index (χ4n) is 2.45. The van der Waals surface area contributed by atoms with E-state index in [1.165, 1.54) is 11.1 Å². The van der Waals surface area contributed by atoms with Gasteiger partial charge in [-0.3, -0.25) is 0 Å². The number of benzene rings is 3. The SMILES string of the molecule is Cl.Clc1ccc(COc2ccc(CNCc3ccccc3)cc2)c(Cl)c1. The third-order valence-corrected chi connectivity index (χ3v) is 4.42. The van der Waals surface area contributed by atoms with Crippen LogP contribution in [0.25, 0.3) is 0 Å². The Balaban J connectivity index is 0.00000243. The third kappa shape index (κ3) is 6.22. The van der Waals surface area contributed by atoms with Gasteiger partial charge in [-0.25, -0.2) is 0 Å². The summed E-state index contributed by atoms with van der Waals surface area (Å²) in [5.74, 6) is 0.817. The minimum atomic E-state index is 0. The molecule has 3 rings (SSSR count). The maximum absolute atomic E-state index is 6.16. The molecule has 2 nitrogen and oxygen atoms in total. The van der Waals surface area contributed by atoms with Crippen LogP contribution in [0.15, 0.2) is 72.8 Å². The topological polar surface area (TPSA) is 21.3 Å². The van der Waals surface area contributed by atoms with Gasteiger partial charge in [0.05, 0.1) is 0 Å². The van der Waals surface area contributed by atoms with Gasteiger partial charge < -0.3 is 10.1 Å². The van der Waals surface area contributed by atoms with Crippen molar-refractivity contribution in [3.05, 3.63) is 99.5 Å². The Morgan fingerprint density at radius 1 is 0.769 bits per heavy atom. The van der Waals surface area contributed by atoms with Crippen LogP contribution in [0.1, 0.15) is 16.7 Å².